The van der Waals surface area contributed by atoms with Gasteiger partial charge in [0.1, 0.15) is 17.9 Å². The third-order valence-corrected chi connectivity index (χ3v) is 5.84. The molecule has 0 aliphatic heterocycles. The molecule has 2 aromatic heterocycles. The fourth-order valence-electron chi connectivity index (χ4n) is 4.30. The fourth-order valence-corrected chi connectivity index (χ4v) is 4.30. The number of rotatable bonds is 6. The van der Waals surface area contributed by atoms with E-state index in [2.05, 4.69) is 19.9 Å². The molecule has 10 heteroatoms. The number of nitrogens with zero attached hydrogens (tertiary/aromatic N) is 4. The lowest BCUT2D eigenvalue weighted by Gasteiger charge is -2.30. The van der Waals surface area contributed by atoms with Crippen LogP contribution in [0.4, 0.5) is 24.9 Å². The van der Waals surface area contributed by atoms with E-state index in [9.17, 15) is 18.0 Å². The Balaban J connectivity index is 1.99. The van der Waals surface area contributed by atoms with Crippen molar-refractivity contribution in [3.8, 4) is 0 Å². The number of carbonyl (C=O) groups is 1. The number of carbonyl (C=O) groups excluding carboxylic acids is 1. The molecule has 176 valence electrons. The molecule has 4 rings (SSSR count). The number of nitrogens with two attached hydrogens (primary N) is 2. The van der Waals surface area contributed by atoms with Gasteiger partial charge in [0, 0.05) is 18.0 Å². The number of aldehydes is 1. The summed E-state index contributed by atoms with van der Waals surface area (Å²) >= 11 is 0. The highest BCUT2D eigenvalue weighted by atomic mass is 19.4. The topological polar surface area (TPSA) is 121 Å². The first kappa shape index (κ1) is 23.3. The number of alkyl halides is 3. The third kappa shape index (κ3) is 4.61. The molecule has 7 nitrogen and oxygen atoms in total. The van der Waals surface area contributed by atoms with Crippen LogP contribution in [0.15, 0.2) is 42.6 Å². The van der Waals surface area contributed by atoms with Gasteiger partial charge in [0.15, 0.2) is 5.65 Å². The number of hydrogen-bond acceptors (Lipinski definition) is 7. The van der Waals surface area contributed by atoms with Crippen LogP contribution in [0.3, 0.4) is 0 Å². The lowest BCUT2D eigenvalue weighted by atomic mass is 9.78. The van der Waals surface area contributed by atoms with Gasteiger partial charge in [-0.3, -0.25) is 0 Å². The maximum Gasteiger partial charge on any atom is 0.396 e. The van der Waals surface area contributed by atoms with Crippen molar-refractivity contribution in [2.75, 3.05) is 11.5 Å². The van der Waals surface area contributed by atoms with Crippen LogP contribution in [0.2, 0.25) is 0 Å². The number of allylic oxidation sites excluding steroid dienone is 2. The quantitative estimate of drug-likeness (QED) is 0.534. The SMILES string of the molecule is CC(C=O)CC(c1ncc2c(N)nc(N)nc2n1)C(C1=c2ccccc2=CCC=C1)C(F)(F)F. The first-order valence-electron chi connectivity index (χ1n) is 10.7. The molecular formula is C24H23F3N6O. The first-order valence-corrected chi connectivity index (χ1v) is 10.7. The maximum atomic E-state index is 14.8. The van der Waals surface area contributed by atoms with Crippen LogP contribution in [-0.2, 0) is 4.79 Å². The van der Waals surface area contributed by atoms with Crippen LogP contribution >= 0.6 is 0 Å². The third-order valence-electron chi connectivity index (χ3n) is 5.84. The molecule has 0 radical (unpaired) electrons. The smallest absolute Gasteiger partial charge is 0.383 e. The fraction of sp³-hybridized carbons (Fsp3) is 0.292. The number of halogens is 3. The molecule has 3 aromatic rings. The van der Waals surface area contributed by atoms with Crippen LogP contribution in [0.25, 0.3) is 22.7 Å². The Morgan fingerprint density at radius 1 is 1.15 bits per heavy atom. The Bertz CT molecular complexity index is 1390. The number of benzene rings is 1. The molecule has 4 N–H and O–H groups in total. The minimum atomic E-state index is -4.65. The van der Waals surface area contributed by atoms with Crippen LogP contribution in [0.1, 0.15) is 31.5 Å². The molecule has 0 saturated carbocycles. The van der Waals surface area contributed by atoms with Crippen molar-refractivity contribution >= 4 is 40.7 Å². The Kier molecular flexibility index (Phi) is 6.32. The van der Waals surface area contributed by atoms with Gasteiger partial charge in [-0.25, -0.2) is 9.97 Å². The van der Waals surface area contributed by atoms with Crippen molar-refractivity contribution in [2.24, 2.45) is 11.8 Å². The van der Waals surface area contributed by atoms with E-state index in [-0.39, 0.29) is 40.6 Å². The normalized spacial score (nSPS) is 16.3. The molecule has 2 heterocycles. The zero-order valence-electron chi connectivity index (χ0n) is 18.3. The van der Waals surface area contributed by atoms with Crippen LogP contribution in [0, 0.1) is 11.8 Å². The van der Waals surface area contributed by atoms with Crippen LogP contribution in [0.5, 0.6) is 0 Å². The lowest BCUT2D eigenvalue weighted by Crippen LogP contribution is -2.37. The molecule has 1 aliphatic carbocycles. The minimum Gasteiger partial charge on any atom is -0.383 e. The molecule has 0 saturated heterocycles. The lowest BCUT2D eigenvalue weighted by molar-refractivity contribution is -0.165. The van der Waals surface area contributed by atoms with Crippen LogP contribution in [-0.4, -0.2) is 32.4 Å². The molecular weight excluding hydrogens is 445 g/mol. The number of anilines is 2. The summed E-state index contributed by atoms with van der Waals surface area (Å²) in [6.07, 6.45) is 2.77. The van der Waals surface area contributed by atoms with Gasteiger partial charge >= 0.3 is 6.18 Å². The summed E-state index contributed by atoms with van der Waals surface area (Å²) in [4.78, 5) is 27.9. The molecule has 1 aliphatic rings. The molecule has 3 atom stereocenters. The molecule has 0 fully saturated rings. The predicted octanol–water partition coefficient (Wildman–Crippen LogP) is 2.66. The van der Waals surface area contributed by atoms with E-state index < -0.39 is 23.9 Å². The van der Waals surface area contributed by atoms with Crippen molar-refractivity contribution in [2.45, 2.75) is 31.9 Å². The highest BCUT2D eigenvalue weighted by molar-refractivity contribution is 5.85. The predicted molar refractivity (Wildman–Crippen MR) is 123 cm³/mol. The van der Waals surface area contributed by atoms with E-state index in [4.69, 9.17) is 11.5 Å². The van der Waals surface area contributed by atoms with Crippen molar-refractivity contribution < 1.29 is 18.0 Å². The van der Waals surface area contributed by atoms with Gasteiger partial charge in [-0.05, 0) is 28.9 Å². The van der Waals surface area contributed by atoms with Gasteiger partial charge in [-0.1, -0.05) is 49.4 Å². The average Bonchev–Trinajstić information content (AvgIpc) is 2.99. The van der Waals surface area contributed by atoms with Gasteiger partial charge in [-0.15, -0.1) is 0 Å². The summed E-state index contributed by atoms with van der Waals surface area (Å²) in [5, 5.41) is 1.48. The van der Waals surface area contributed by atoms with Crippen molar-refractivity contribution in [1.29, 1.82) is 0 Å². The highest BCUT2D eigenvalue weighted by Crippen LogP contribution is 2.45. The van der Waals surface area contributed by atoms with Gasteiger partial charge in [0.05, 0.1) is 11.3 Å². The second kappa shape index (κ2) is 9.20. The molecule has 0 amide bonds. The summed E-state index contributed by atoms with van der Waals surface area (Å²) < 4.78 is 44.4. The minimum absolute atomic E-state index is 0.0322. The maximum absolute atomic E-state index is 14.8. The van der Waals surface area contributed by atoms with E-state index in [1.807, 2.05) is 6.08 Å². The molecule has 3 unspecified atom stereocenters. The monoisotopic (exact) mass is 468 g/mol. The summed E-state index contributed by atoms with van der Waals surface area (Å²) in [5.41, 5.74) is 11.7. The number of nitrogen functional groups attached to an aromatic ring is 2. The Hall–Kier alpha value is -3.82. The summed E-state index contributed by atoms with van der Waals surface area (Å²) in [7, 11) is 0. The Labute approximate surface area is 193 Å². The second-order valence-electron chi connectivity index (χ2n) is 8.29. The van der Waals surface area contributed by atoms with Gasteiger partial charge in [0.25, 0.3) is 0 Å². The summed E-state index contributed by atoms with van der Waals surface area (Å²) in [5.74, 6) is -4.09. The molecule has 1 aromatic carbocycles. The van der Waals surface area contributed by atoms with Crippen molar-refractivity contribution in [1.82, 2.24) is 19.9 Å². The number of aromatic nitrogens is 4. The largest absolute Gasteiger partial charge is 0.396 e. The Morgan fingerprint density at radius 3 is 2.65 bits per heavy atom. The average molecular weight is 468 g/mol. The van der Waals surface area contributed by atoms with E-state index in [0.717, 1.165) is 0 Å². The zero-order valence-corrected chi connectivity index (χ0v) is 18.3. The highest BCUT2D eigenvalue weighted by Gasteiger charge is 2.48. The zero-order chi connectivity index (χ0) is 24.5. The van der Waals surface area contributed by atoms with E-state index in [1.165, 1.54) is 12.3 Å². The van der Waals surface area contributed by atoms with E-state index >= 15 is 0 Å². The van der Waals surface area contributed by atoms with Crippen molar-refractivity contribution in [3.05, 3.63) is 58.9 Å². The van der Waals surface area contributed by atoms with E-state index in [1.54, 1.807) is 37.3 Å². The summed E-state index contributed by atoms with van der Waals surface area (Å²) in [6.45, 7) is 1.57. The second-order valence-corrected chi connectivity index (χ2v) is 8.29. The van der Waals surface area contributed by atoms with E-state index in [0.29, 0.717) is 23.1 Å². The standard InChI is InChI=1S/C24H23F3N6O/c1-13(12-34)10-17(21-30-11-18-20(28)31-23(29)33-22(18)32-21)19(24(25,26)27)16-9-5-3-7-14-6-2-4-8-15(14)16/h2,4-9,11-13,17,19H,3,10H2,1H3,(H4,28,29,30,31,32,33). The van der Waals surface area contributed by atoms with Gasteiger partial charge in [0.2, 0.25) is 5.95 Å². The molecule has 0 spiro atoms. The number of hydrogen-bond donors (Lipinski definition) is 2. The first-order chi connectivity index (χ1) is 16.2. The number of fused-ring (bicyclic) bond motifs is 2. The van der Waals surface area contributed by atoms with Crippen LogP contribution < -0.4 is 21.9 Å². The van der Waals surface area contributed by atoms with Gasteiger partial charge < -0.3 is 16.3 Å². The molecule has 0 bridgehead atoms. The van der Waals surface area contributed by atoms with Crippen molar-refractivity contribution in [3.63, 3.8) is 0 Å². The van der Waals surface area contributed by atoms with Gasteiger partial charge in [-0.2, -0.15) is 23.1 Å². The molecule has 34 heavy (non-hydrogen) atoms. The Morgan fingerprint density at radius 2 is 1.91 bits per heavy atom. The summed E-state index contributed by atoms with van der Waals surface area (Å²) in [6, 6.07) is 6.95.